The first-order valence-electron chi connectivity index (χ1n) is 7.25. The van der Waals surface area contributed by atoms with Gasteiger partial charge in [-0.2, -0.15) is 5.10 Å². The number of carboxylic acids is 1. The second kappa shape index (κ2) is 6.91. The fraction of sp³-hybridized carbons (Fsp3) is 0.467. The SMILES string of the molecule is Cc1nc(-c2cnn(C)c2)sc1C(=O)N(CC(=O)O)CC(C)C. The van der Waals surface area contributed by atoms with Crippen LogP contribution in [0.2, 0.25) is 0 Å². The van der Waals surface area contributed by atoms with Crippen molar-refractivity contribution in [2.45, 2.75) is 20.8 Å². The highest BCUT2D eigenvalue weighted by Gasteiger charge is 2.24. The van der Waals surface area contributed by atoms with Gasteiger partial charge in [-0.05, 0) is 12.8 Å². The van der Waals surface area contributed by atoms with Crippen molar-refractivity contribution in [1.29, 1.82) is 0 Å². The number of rotatable bonds is 6. The molecule has 0 aromatic carbocycles. The van der Waals surface area contributed by atoms with Crippen LogP contribution in [0.25, 0.3) is 10.6 Å². The van der Waals surface area contributed by atoms with Crippen LogP contribution in [0.1, 0.15) is 29.2 Å². The summed E-state index contributed by atoms with van der Waals surface area (Å²) in [6.07, 6.45) is 3.52. The Morgan fingerprint density at radius 2 is 2.13 bits per heavy atom. The highest BCUT2D eigenvalue weighted by atomic mass is 32.1. The molecule has 0 spiro atoms. The fourth-order valence-corrected chi connectivity index (χ4v) is 3.23. The topological polar surface area (TPSA) is 88.3 Å². The van der Waals surface area contributed by atoms with Gasteiger partial charge >= 0.3 is 5.97 Å². The minimum atomic E-state index is -1.02. The van der Waals surface area contributed by atoms with Gasteiger partial charge in [-0.15, -0.1) is 11.3 Å². The molecule has 23 heavy (non-hydrogen) atoms. The number of carbonyl (C=O) groups is 2. The molecule has 2 heterocycles. The number of aryl methyl sites for hydroxylation is 2. The molecule has 0 saturated carbocycles. The molecule has 0 aliphatic heterocycles. The molecule has 0 atom stereocenters. The van der Waals surface area contributed by atoms with E-state index >= 15 is 0 Å². The number of carbonyl (C=O) groups excluding carboxylic acids is 1. The van der Waals surface area contributed by atoms with E-state index < -0.39 is 5.97 Å². The zero-order valence-electron chi connectivity index (χ0n) is 13.6. The van der Waals surface area contributed by atoms with Crippen molar-refractivity contribution in [3.63, 3.8) is 0 Å². The third-order valence-corrected chi connectivity index (χ3v) is 4.34. The standard InChI is InChI=1S/C15H20N4O3S/c1-9(2)6-19(8-12(20)21)15(22)13-10(3)17-14(23-13)11-5-16-18(4)7-11/h5,7,9H,6,8H2,1-4H3,(H,20,21). The van der Waals surface area contributed by atoms with E-state index in [-0.39, 0.29) is 18.4 Å². The lowest BCUT2D eigenvalue weighted by Gasteiger charge is -2.22. The Morgan fingerprint density at radius 1 is 1.43 bits per heavy atom. The number of amides is 1. The third-order valence-electron chi connectivity index (χ3n) is 3.14. The van der Waals surface area contributed by atoms with Crippen LogP contribution in [-0.2, 0) is 11.8 Å². The maximum Gasteiger partial charge on any atom is 0.323 e. The van der Waals surface area contributed by atoms with E-state index in [0.29, 0.717) is 22.1 Å². The summed E-state index contributed by atoms with van der Waals surface area (Å²) in [6.45, 7) is 5.74. The van der Waals surface area contributed by atoms with Crippen LogP contribution in [0.5, 0.6) is 0 Å². The van der Waals surface area contributed by atoms with Gasteiger partial charge in [0, 0.05) is 25.4 Å². The summed E-state index contributed by atoms with van der Waals surface area (Å²) in [7, 11) is 1.81. The van der Waals surface area contributed by atoms with Crippen molar-refractivity contribution >= 4 is 23.2 Å². The Balaban J connectivity index is 2.30. The molecule has 0 aliphatic carbocycles. The monoisotopic (exact) mass is 336 g/mol. The van der Waals surface area contributed by atoms with Crippen LogP contribution in [0.15, 0.2) is 12.4 Å². The zero-order chi connectivity index (χ0) is 17.1. The Morgan fingerprint density at radius 3 is 2.65 bits per heavy atom. The maximum atomic E-state index is 12.7. The molecule has 0 bridgehead atoms. The summed E-state index contributed by atoms with van der Waals surface area (Å²) in [5, 5.41) is 13.8. The summed E-state index contributed by atoms with van der Waals surface area (Å²) in [6, 6.07) is 0. The van der Waals surface area contributed by atoms with Crippen molar-refractivity contribution in [2.75, 3.05) is 13.1 Å². The van der Waals surface area contributed by atoms with E-state index in [9.17, 15) is 9.59 Å². The minimum Gasteiger partial charge on any atom is -0.480 e. The fourth-order valence-electron chi connectivity index (χ4n) is 2.22. The zero-order valence-corrected chi connectivity index (χ0v) is 14.4. The first kappa shape index (κ1) is 17.1. The Bertz CT molecular complexity index is 720. The first-order chi connectivity index (χ1) is 10.8. The lowest BCUT2D eigenvalue weighted by molar-refractivity contribution is -0.137. The average Bonchev–Trinajstić information content (AvgIpc) is 3.02. The lowest BCUT2D eigenvalue weighted by Crippen LogP contribution is -2.38. The number of hydrogen-bond acceptors (Lipinski definition) is 5. The summed E-state index contributed by atoms with van der Waals surface area (Å²) in [5.74, 6) is -1.12. The highest BCUT2D eigenvalue weighted by molar-refractivity contribution is 7.17. The number of aromatic nitrogens is 3. The molecular formula is C15H20N4O3S. The molecule has 0 fully saturated rings. The first-order valence-corrected chi connectivity index (χ1v) is 8.07. The third kappa shape index (κ3) is 4.16. The molecule has 1 amide bonds. The van der Waals surface area contributed by atoms with E-state index in [0.717, 1.165) is 5.56 Å². The average molecular weight is 336 g/mol. The van der Waals surface area contributed by atoms with Gasteiger partial charge in [0.15, 0.2) is 0 Å². The largest absolute Gasteiger partial charge is 0.480 e. The summed E-state index contributed by atoms with van der Waals surface area (Å²) < 4.78 is 1.67. The predicted molar refractivity (Wildman–Crippen MR) is 87.4 cm³/mol. The van der Waals surface area contributed by atoms with Gasteiger partial charge in [0.1, 0.15) is 16.4 Å². The van der Waals surface area contributed by atoms with Gasteiger partial charge in [0.2, 0.25) is 0 Å². The second-order valence-corrected chi connectivity index (χ2v) is 6.81. The summed E-state index contributed by atoms with van der Waals surface area (Å²) in [4.78, 5) is 30.0. The summed E-state index contributed by atoms with van der Waals surface area (Å²) >= 11 is 1.27. The van der Waals surface area contributed by atoms with E-state index in [1.807, 2.05) is 27.1 Å². The molecule has 0 unspecified atom stereocenters. The van der Waals surface area contributed by atoms with Crippen LogP contribution in [0.4, 0.5) is 0 Å². The number of aliphatic carboxylic acids is 1. The molecule has 1 N–H and O–H groups in total. The molecule has 2 rings (SSSR count). The van der Waals surface area contributed by atoms with E-state index in [1.165, 1.54) is 16.2 Å². The van der Waals surface area contributed by atoms with Gasteiger partial charge in [0.25, 0.3) is 5.91 Å². The molecule has 7 nitrogen and oxygen atoms in total. The molecular weight excluding hydrogens is 316 g/mol. The lowest BCUT2D eigenvalue weighted by atomic mass is 10.2. The molecule has 2 aromatic heterocycles. The van der Waals surface area contributed by atoms with E-state index in [2.05, 4.69) is 10.1 Å². The quantitative estimate of drug-likeness (QED) is 0.872. The van der Waals surface area contributed by atoms with E-state index in [4.69, 9.17) is 5.11 Å². The van der Waals surface area contributed by atoms with Crippen molar-refractivity contribution < 1.29 is 14.7 Å². The van der Waals surface area contributed by atoms with Crippen molar-refractivity contribution in [3.05, 3.63) is 23.0 Å². The molecule has 124 valence electrons. The van der Waals surface area contributed by atoms with Crippen molar-refractivity contribution in [1.82, 2.24) is 19.7 Å². The smallest absolute Gasteiger partial charge is 0.323 e. The number of carboxylic acid groups (broad SMARTS) is 1. The summed E-state index contributed by atoms with van der Waals surface area (Å²) in [5.41, 5.74) is 1.45. The Labute approximate surface area is 138 Å². The van der Waals surface area contributed by atoms with Gasteiger partial charge in [0.05, 0.1) is 11.9 Å². The van der Waals surface area contributed by atoms with Gasteiger partial charge in [-0.1, -0.05) is 13.8 Å². The highest BCUT2D eigenvalue weighted by Crippen LogP contribution is 2.28. The molecule has 8 heteroatoms. The van der Waals surface area contributed by atoms with Crippen LogP contribution in [0.3, 0.4) is 0 Å². The normalized spacial score (nSPS) is 11.0. The molecule has 0 radical (unpaired) electrons. The Hall–Kier alpha value is -2.22. The minimum absolute atomic E-state index is 0.185. The number of thiazole rings is 1. The Kier molecular flexibility index (Phi) is 5.15. The van der Waals surface area contributed by atoms with Gasteiger partial charge in [-0.25, -0.2) is 4.98 Å². The van der Waals surface area contributed by atoms with Crippen molar-refractivity contribution in [3.8, 4) is 10.6 Å². The van der Waals surface area contributed by atoms with Crippen LogP contribution >= 0.6 is 11.3 Å². The maximum absolute atomic E-state index is 12.7. The van der Waals surface area contributed by atoms with Gasteiger partial charge in [-0.3, -0.25) is 14.3 Å². The molecule has 2 aromatic rings. The van der Waals surface area contributed by atoms with Crippen LogP contribution in [-0.4, -0.2) is 49.7 Å². The van der Waals surface area contributed by atoms with Gasteiger partial charge < -0.3 is 10.0 Å². The van der Waals surface area contributed by atoms with E-state index in [1.54, 1.807) is 17.8 Å². The predicted octanol–water partition coefficient (Wildman–Crippen LogP) is 2.03. The van der Waals surface area contributed by atoms with Crippen molar-refractivity contribution in [2.24, 2.45) is 13.0 Å². The number of hydrogen-bond donors (Lipinski definition) is 1. The number of nitrogens with zero attached hydrogens (tertiary/aromatic N) is 4. The second-order valence-electron chi connectivity index (χ2n) is 5.81. The van der Waals surface area contributed by atoms with Crippen LogP contribution in [0, 0.1) is 12.8 Å². The van der Waals surface area contributed by atoms with Crippen LogP contribution < -0.4 is 0 Å². The molecule has 0 saturated heterocycles. The molecule has 0 aliphatic rings.